The molecule has 124 valence electrons. The van der Waals surface area contributed by atoms with Crippen LogP contribution in [0, 0.1) is 11.6 Å². The van der Waals surface area contributed by atoms with Gasteiger partial charge in [-0.3, -0.25) is 4.68 Å². The van der Waals surface area contributed by atoms with Gasteiger partial charge in [-0.25, -0.2) is 13.6 Å². The smallest absolute Gasteiger partial charge is 0.315 e. The first-order valence-electron chi connectivity index (χ1n) is 7.10. The number of nitrogens with one attached hydrogen (secondary N) is 2. The fourth-order valence-electron chi connectivity index (χ4n) is 2.08. The molecule has 0 fully saturated rings. The van der Waals surface area contributed by atoms with Gasteiger partial charge in [-0.2, -0.15) is 5.10 Å². The monoisotopic (exact) mass is 324 g/mol. The Labute approximate surface area is 132 Å². The predicted molar refractivity (Wildman–Crippen MR) is 79.5 cm³/mol. The fourth-order valence-corrected chi connectivity index (χ4v) is 2.08. The number of aliphatic hydroxyl groups is 1. The number of hydrogen-bond acceptors (Lipinski definition) is 3. The number of nitrogens with zero attached hydrogens (tertiary/aromatic N) is 2. The molecule has 3 N–H and O–H groups in total. The van der Waals surface area contributed by atoms with Gasteiger partial charge in [-0.1, -0.05) is 6.07 Å². The van der Waals surface area contributed by atoms with E-state index in [0.717, 1.165) is 12.1 Å². The van der Waals surface area contributed by atoms with Crippen molar-refractivity contribution in [3.63, 3.8) is 0 Å². The van der Waals surface area contributed by atoms with Crippen molar-refractivity contribution >= 4 is 6.03 Å². The van der Waals surface area contributed by atoms with Gasteiger partial charge in [0.25, 0.3) is 0 Å². The molecule has 23 heavy (non-hydrogen) atoms. The van der Waals surface area contributed by atoms with Crippen LogP contribution in [0.15, 0.2) is 36.7 Å². The van der Waals surface area contributed by atoms with Crippen LogP contribution in [0.5, 0.6) is 0 Å². The molecule has 1 aromatic carbocycles. The highest BCUT2D eigenvalue weighted by Crippen LogP contribution is 2.17. The van der Waals surface area contributed by atoms with Crippen molar-refractivity contribution in [2.24, 2.45) is 0 Å². The molecule has 2 unspecified atom stereocenters. The molecule has 0 aliphatic rings. The minimum atomic E-state index is -1.26. The van der Waals surface area contributed by atoms with E-state index in [9.17, 15) is 18.7 Å². The molecule has 0 aliphatic carbocycles. The van der Waals surface area contributed by atoms with Gasteiger partial charge in [0.05, 0.1) is 12.6 Å². The lowest BCUT2D eigenvalue weighted by Crippen LogP contribution is -2.43. The number of halogens is 2. The average Bonchev–Trinajstić information content (AvgIpc) is 2.97. The second-order valence-corrected chi connectivity index (χ2v) is 5.17. The van der Waals surface area contributed by atoms with Crippen molar-refractivity contribution in [2.75, 3.05) is 6.54 Å². The Balaban J connectivity index is 1.79. The maximum absolute atomic E-state index is 13.5. The van der Waals surface area contributed by atoms with E-state index < -0.39 is 23.8 Å². The summed E-state index contributed by atoms with van der Waals surface area (Å²) in [6, 6.07) is 3.98. The lowest BCUT2D eigenvalue weighted by molar-refractivity contribution is 0.168. The SMILES string of the molecule is CC(Cn1cccn1)NC(=O)NCC(O)c1ccc(F)cc1F. The molecule has 0 spiro atoms. The first-order valence-corrected chi connectivity index (χ1v) is 7.10. The van der Waals surface area contributed by atoms with Crippen molar-refractivity contribution in [1.82, 2.24) is 20.4 Å². The summed E-state index contributed by atoms with van der Waals surface area (Å²) in [5, 5.41) is 19.0. The third-order valence-corrected chi connectivity index (χ3v) is 3.18. The number of amides is 2. The highest BCUT2D eigenvalue weighted by molar-refractivity contribution is 5.74. The highest BCUT2D eigenvalue weighted by atomic mass is 19.1. The van der Waals surface area contributed by atoms with Gasteiger partial charge in [0, 0.05) is 36.6 Å². The molecule has 2 aromatic rings. The molecule has 0 bridgehead atoms. The quantitative estimate of drug-likeness (QED) is 0.755. The predicted octanol–water partition coefficient (Wildman–Crippen LogP) is 1.58. The van der Waals surface area contributed by atoms with Crippen LogP contribution in [0.2, 0.25) is 0 Å². The van der Waals surface area contributed by atoms with E-state index in [0.29, 0.717) is 12.6 Å². The third-order valence-electron chi connectivity index (χ3n) is 3.18. The van der Waals surface area contributed by atoms with Gasteiger partial charge >= 0.3 is 6.03 Å². The molecular weight excluding hydrogens is 306 g/mol. The van der Waals surface area contributed by atoms with Crippen LogP contribution in [-0.2, 0) is 6.54 Å². The number of aliphatic hydroxyl groups excluding tert-OH is 1. The maximum Gasteiger partial charge on any atom is 0.315 e. The normalized spacial score (nSPS) is 13.4. The Bertz CT molecular complexity index is 649. The molecule has 6 nitrogen and oxygen atoms in total. The largest absolute Gasteiger partial charge is 0.386 e. The number of urea groups is 1. The molecule has 8 heteroatoms. The van der Waals surface area contributed by atoms with E-state index in [2.05, 4.69) is 15.7 Å². The summed E-state index contributed by atoms with van der Waals surface area (Å²) < 4.78 is 28.0. The van der Waals surface area contributed by atoms with Crippen LogP contribution in [0.4, 0.5) is 13.6 Å². The first kappa shape index (κ1) is 16.9. The summed E-state index contributed by atoms with van der Waals surface area (Å²) in [5.74, 6) is -1.58. The lowest BCUT2D eigenvalue weighted by Gasteiger charge is -2.17. The number of aromatic nitrogens is 2. The van der Waals surface area contributed by atoms with Gasteiger partial charge < -0.3 is 15.7 Å². The van der Waals surface area contributed by atoms with Crippen LogP contribution < -0.4 is 10.6 Å². The molecule has 2 rings (SSSR count). The molecule has 0 aliphatic heterocycles. The van der Waals surface area contributed by atoms with Gasteiger partial charge in [0.15, 0.2) is 0 Å². The number of benzene rings is 1. The van der Waals surface area contributed by atoms with E-state index >= 15 is 0 Å². The number of carbonyl (C=O) groups is 1. The van der Waals surface area contributed by atoms with Crippen LogP contribution in [-0.4, -0.2) is 33.5 Å². The zero-order valence-electron chi connectivity index (χ0n) is 12.5. The van der Waals surface area contributed by atoms with Crippen molar-refractivity contribution < 1.29 is 18.7 Å². The minimum Gasteiger partial charge on any atom is -0.386 e. The zero-order valence-corrected chi connectivity index (χ0v) is 12.5. The standard InChI is InChI=1S/C15H18F2N4O2/c1-10(9-21-6-2-5-19-21)20-15(23)18-8-14(22)12-4-3-11(16)7-13(12)17/h2-7,10,14,22H,8-9H2,1H3,(H2,18,20,23). The summed E-state index contributed by atoms with van der Waals surface area (Å²) in [6.45, 7) is 2.11. The Kier molecular flexibility index (Phi) is 5.64. The summed E-state index contributed by atoms with van der Waals surface area (Å²) >= 11 is 0. The summed E-state index contributed by atoms with van der Waals surface area (Å²) in [4.78, 5) is 11.7. The van der Waals surface area contributed by atoms with Crippen LogP contribution in [0.25, 0.3) is 0 Å². The summed E-state index contributed by atoms with van der Waals surface area (Å²) in [6.07, 6.45) is 2.15. The Morgan fingerprint density at radius 3 is 2.87 bits per heavy atom. The molecule has 0 saturated carbocycles. The lowest BCUT2D eigenvalue weighted by atomic mass is 10.1. The zero-order chi connectivity index (χ0) is 16.8. The Morgan fingerprint density at radius 1 is 1.43 bits per heavy atom. The van der Waals surface area contributed by atoms with Crippen molar-refractivity contribution in [2.45, 2.75) is 25.6 Å². The molecule has 2 amide bonds. The first-order chi connectivity index (χ1) is 11.0. The maximum atomic E-state index is 13.5. The molecule has 0 saturated heterocycles. The Hall–Kier alpha value is -2.48. The van der Waals surface area contributed by atoms with Crippen LogP contribution >= 0.6 is 0 Å². The van der Waals surface area contributed by atoms with E-state index in [1.165, 1.54) is 0 Å². The number of rotatable bonds is 6. The second-order valence-electron chi connectivity index (χ2n) is 5.17. The number of carbonyl (C=O) groups excluding carboxylic acids is 1. The Morgan fingerprint density at radius 2 is 2.22 bits per heavy atom. The van der Waals surface area contributed by atoms with E-state index in [4.69, 9.17) is 0 Å². The number of hydrogen-bond donors (Lipinski definition) is 3. The van der Waals surface area contributed by atoms with Crippen LogP contribution in [0.1, 0.15) is 18.6 Å². The highest BCUT2D eigenvalue weighted by Gasteiger charge is 2.15. The van der Waals surface area contributed by atoms with Gasteiger partial charge in [0.1, 0.15) is 11.6 Å². The fraction of sp³-hybridized carbons (Fsp3) is 0.333. The van der Waals surface area contributed by atoms with E-state index in [1.54, 1.807) is 30.1 Å². The molecule has 2 atom stereocenters. The van der Waals surface area contributed by atoms with Crippen molar-refractivity contribution in [1.29, 1.82) is 0 Å². The summed E-state index contributed by atoms with van der Waals surface area (Å²) in [7, 11) is 0. The molecule has 1 aromatic heterocycles. The topological polar surface area (TPSA) is 79.2 Å². The average molecular weight is 324 g/mol. The van der Waals surface area contributed by atoms with Gasteiger partial charge in [-0.05, 0) is 19.1 Å². The third kappa shape index (κ3) is 5.03. The van der Waals surface area contributed by atoms with Gasteiger partial charge in [0.2, 0.25) is 0 Å². The molecule has 1 heterocycles. The molecular formula is C15H18F2N4O2. The van der Waals surface area contributed by atoms with Crippen molar-refractivity contribution in [3.8, 4) is 0 Å². The van der Waals surface area contributed by atoms with E-state index in [-0.39, 0.29) is 18.2 Å². The van der Waals surface area contributed by atoms with Gasteiger partial charge in [-0.15, -0.1) is 0 Å². The minimum absolute atomic E-state index is 0.0729. The van der Waals surface area contributed by atoms with Crippen LogP contribution in [0.3, 0.4) is 0 Å². The van der Waals surface area contributed by atoms with E-state index in [1.807, 2.05) is 0 Å². The van der Waals surface area contributed by atoms with Crippen molar-refractivity contribution in [3.05, 3.63) is 53.9 Å². The summed E-state index contributed by atoms with van der Waals surface area (Å²) in [5.41, 5.74) is -0.0729. The second kappa shape index (κ2) is 7.68. The molecule has 0 radical (unpaired) electrons.